The van der Waals surface area contributed by atoms with Crippen LogP contribution in [0, 0.1) is 0 Å². The highest BCUT2D eigenvalue weighted by molar-refractivity contribution is 5.23. The number of aromatic nitrogens is 2. The average molecular weight is 176 g/mol. The molecule has 1 unspecified atom stereocenters. The van der Waals surface area contributed by atoms with Crippen LogP contribution in [-0.2, 0) is 0 Å². The first-order valence-electron chi connectivity index (χ1n) is 3.84. The smallest absolute Gasteiger partial charge is 0.109 e. The Morgan fingerprint density at radius 3 is 2.77 bits per heavy atom. The quantitative estimate of drug-likeness (QED) is 0.745. The molecular formula is C9H8N2O2. The van der Waals surface area contributed by atoms with Gasteiger partial charge >= 0.3 is 0 Å². The molecule has 0 amide bonds. The van der Waals surface area contributed by atoms with Crippen molar-refractivity contribution in [2.24, 2.45) is 0 Å². The molecule has 0 fully saturated rings. The fourth-order valence-electron chi connectivity index (χ4n) is 1.09. The zero-order chi connectivity index (χ0) is 9.10. The van der Waals surface area contributed by atoms with Gasteiger partial charge in [-0.2, -0.15) is 10.2 Å². The number of nitrogens with zero attached hydrogens (tertiary/aromatic N) is 2. The van der Waals surface area contributed by atoms with Gasteiger partial charge in [-0.05, 0) is 12.1 Å². The lowest BCUT2D eigenvalue weighted by Crippen LogP contribution is -1.98. The van der Waals surface area contributed by atoms with Crippen LogP contribution in [0.4, 0.5) is 0 Å². The van der Waals surface area contributed by atoms with E-state index in [0.29, 0.717) is 11.1 Å². The van der Waals surface area contributed by atoms with Crippen LogP contribution in [0.5, 0.6) is 0 Å². The molecule has 4 heteroatoms. The molecule has 0 bridgehead atoms. The van der Waals surface area contributed by atoms with Gasteiger partial charge in [0.2, 0.25) is 0 Å². The third kappa shape index (κ3) is 1.57. The monoisotopic (exact) mass is 176 g/mol. The molecule has 0 aliphatic heterocycles. The fraction of sp³-hybridized carbons (Fsp3) is 0.111. The molecule has 13 heavy (non-hydrogen) atoms. The van der Waals surface area contributed by atoms with Crippen LogP contribution in [0.15, 0.2) is 41.5 Å². The molecule has 0 aromatic carbocycles. The van der Waals surface area contributed by atoms with Gasteiger partial charge in [-0.25, -0.2) is 0 Å². The predicted molar refractivity (Wildman–Crippen MR) is 44.8 cm³/mol. The van der Waals surface area contributed by atoms with E-state index in [1.165, 1.54) is 18.7 Å². The number of rotatable bonds is 2. The molecular weight excluding hydrogens is 168 g/mol. The molecule has 0 saturated heterocycles. The number of furan rings is 1. The van der Waals surface area contributed by atoms with Gasteiger partial charge in [0.15, 0.2) is 0 Å². The topological polar surface area (TPSA) is 59.2 Å². The van der Waals surface area contributed by atoms with Gasteiger partial charge in [0.05, 0.1) is 18.7 Å². The summed E-state index contributed by atoms with van der Waals surface area (Å²) in [5, 5.41) is 17.1. The third-order valence-corrected chi connectivity index (χ3v) is 1.78. The Kier molecular flexibility index (Phi) is 2.06. The molecule has 2 heterocycles. The van der Waals surface area contributed by atoms with E-state index in [-0.39, 0.29) is 0 Å². The van der Waals surface area contributed by atoms with Crippen LogP contribution in [0.1, 0.15) is 17.2 Å². The van der Waals surface area contributed by atoms with E-state index in [2.05, 4.69) is 10.2 Å². The van der Waals surface area contributed by atoms with Crippen LogP contribution in [0.3, 0.4) is 0 Å². The summed E-state index contributed by atoms with van der Waals surface area (Å²) in [6, 6.07) is 3.43. The maximum Gasteiger partial charge on any atom is 0.109 e. The summed E-state index contributed by atoms with van der Waals surface area (Å²) in [5.74, 6) is 0. The van der Waals surface area contributed by atoms with Gasteiger partial charge in [-0.1, -0.05) is 0 Å². The molecule has 2 aromatic rings. The maximum absolute atomic E-state index is 9.75. The minimum absolute atomic E-state index is 0.686. The SMILES string of the molecule is OC(c1ccnnc1)c1ccoc1. The third-order valence-electron chi connectivity index (χ3n) is 1.78. The first-order chi connectivity index (χ1) is 6.38. The van der Waals surface area contributed by atoms with Crippen LogP contribution >= 0.6 is 0 Å². The van der Waals surface area contributed by atoms with Crippen molar-refractivity contribution in [3.8, 4) is 0 Å². The molecule has 1 atom stereocenters. The van der Waals surface area contributed by atoms with Crippen molar-refractivity contribution < 1.29 is 9.52 Å². The van der Waals surface area contributed by atoms with Crippen molar-refractivity contribution in [2.75, 3.05) is 0 Å². The Labute approximate surface area is 74.8 Å². The molecule has 2 rings (SSSR count). The lowest BCUT2D eigenvalue weighted by Gasteiger charge is -2.06. The normalized spacial score (nSPS) is 12.7. The average Bonchev–Trinajstić information content (AvgIpc) is 2.71. The summed E-state index contributed by atoms with van der Waals surface area (Å²) in [7, 11) is 0. The van der Waals surface area contributed by atoms with E-state index in [9.17, 15) is 5.11 Å². The van der Waals surface area contributed by atoms with E-state index in [0.717, 1.165) is 0 Å². The molecule has 1 N–H and O–H groups in total. The minimum atomic E-state index is -0.686. The molecule has 0 aliphatic carbocycles. The lowest BCUT2D eigenvalue weighted by molar-refractivity contribution is 0.218. The van der Waals surface area contributed by atoms with Crippen molar-refractivity contribution >= 4 is 0 Å². The highest BCUT2D eigenvalue weighted by Crippen LogP contribution is 2.20. The number of hydrogen-bond donors (Lipinski definition) is 1. The van der Waals surface area contributed by atoms with E-state index in [1.54, 1.807) is 18.3 Å². The molecule has 0 aliphatic rings. The summed E-state index contributed by atoms with van der Waals surface area (Å²) in [6.45, 7) is 0. The molecule has 0 saturated carbocycles. The Bertz CT molecular complexity index is 358. The first kappa shape index (κ1) is 7.94. The summed E-state index contributed by atoms with van der Waals surface area (Å²) in [6.07, 6.45) is 5.41. The van der Waals surface area contributed by atoms with Gasteiger partial charge in [0.1, 0.15) is 6.10 Å². The Balaban J connectivity index is 2.29. The van der Waals surface area contributed by atoms with Crippen LogP contribution in [0.2, 0.25) is 0 Å². The molecule has 0 radical (unpaired) electrons. The van der Waals surface area contributed by atoms with Crippen molar-refractivity contribution in [3.63, 3.8) is 0 Å². The standard InChI is InChI=1S/C9H8N2O2/c12-9(8-2-4-13-6-8)7-1-3-10-11-5-7/h1-6,9,12H. The number of aliphatic hydroxyl groups is 1. The zero-order valence-electron chi connectivity index (χ0n) is 6.79. The highest BCUT2D eigenvalue weighted by Gasteiger charge is 2.10. The second-order valence-electron chi connectivity index (χ2n) is 2.63. The van der Waals surface area contributed by atoms with Gasteiger partial charge in [-0.3, -0.25) is 0 Å². The largest absolute Gasteiger partial charge is 0.472 e. The van der Waals surface area contributed by atoms with Crippen LogP contribution < -0.4 is 0 Å². The highest BCUT2D eigenvalue weighted by atomic mass is 16.3. The summed E-state index contributed by atoms with van der Waals surface area (Å²) in [4.78, 5) is 0. The Morgan fingerprint density at radius 2 is 2.15 bits per heavy atom. The van der Waals surface area contributed by atoms with Crippen molar-refractivity contribution in [3.05, 3.63) is 48.2 Å². The van der Waals surface area contributed by atoms with Gasteiger partial charge < -0.3 is 9.52 Å². The van der Waals surface area contributed by atoms with E-state index in [4.69, 9.17) is 4.42 Å². The summed E-state index contributed by atoms with van der Waals surface area (Å²) < 4.78 is 4.86. The fourth-order valence-corrected chi connectivity index (χ4v) is 1.09. The Morgan fingerprint density at radius 1 is 1.23 bits per heavy atom. The lowest BCUT2D eigenvalue weighted by atomic mass is 10.1. The molecule has 66 valence electrons. The van der Waals surface area contributed by atoms with Crippen LogP contribution in [-0.4, -0.2) is 15.3 Å². The minimum Gasteiger partial charge on any atom is -0.472 e. The second-order valence-corrected chi connectivity index (χ2v) is 2.63. The summed E-state index contributed by atoms with van der Waals surface area (Å²) >= 11 is 0. The van der Waals surface area contributed by atoms with Gasteiger partial charge in [0, 0.05) is 17.3 Å². The van der Waals surface area contributed by atoms with E-state index >= 15 is 0 Å². The number of aliphatic hydroxyl groups excluding tert-OH is 1. The predicted octanol–water partition coefficient (Wildman–Crippen LogP) is 1.15. The van der Waals surface area contributed by atoms with Crippen molar-refractivity contribution in [1.82, 2.24) is 10.2 Å². The maximum atomic E-state index is 9.75. The van der Waals surface area contributed by atoms with Crippen LogP contribution in [0.25, 0.3) is 0 Å². The van der Waals surface area contributed by atoms with Crippen molar-refractivity contribution in [1.29, 1.82) is 0 Å². The zero-order valence-corrected chi connectivity index (χ0v) is 6.79. The Hall–Kier alpha value is -1.68. The first-order valence-corrected chi connectivity index (χ1v) is 3.84. The molecule has 4 nitrogen and oxygen atoms in total. The van der Waals surface area contributed by atoms with Gasteiger partial charge in [-0.15, -0.1) is 0 Å². The van der Waals surface area contributed by atoms with Crippen molar-refractivity contribution in [2.45, 2.75) is 6.10 Å². The summed E-state index contributed by atoms with van der Waals surface area (Å²) in [5.41, 5.74) is 1.42. The molecule has 0 spiro atoms. The number of hydrogen-bond acceptors (Lipinski definition) is 4. The second kappa shape index (κ2) is 3.37. The van der Waals surface area contributed by atoms with E-state index in [1.807, 2.05) is 0 Å². The van der Waals surface area contributed by atoms with E-state index < -0.39 is 6.10 Å². The van der Waals surface area contributed by atoms with Gasteiger partial charge in [0.25, 0.3) is 0 Å². The molecule has 2 aromatic heterocycles.